The zero-order valence-electron chi connectivity index (χ0n) is 18.1. The fraction of sp³-hybridized carbons (Fsp3) is 0.360. The summed E-state index contributed by atoms with van der Waals surface area (Å²) in [7, 11) is 0. The van der Waals surface area contributed by atoms with E-state index in [1.165, 1.54) is 5.56 Å². The molecule has 2 heterocycles. The number of carbonyl (C=O) groups is 1. The fourth-order valence-electron chi connectivity index (χ4n) is 3.84. The molecule has 2 aromatic carbocycles. The number of hydrogen-bond donors (Lipinski definition) is 1. The van der Waals surface area contributed by atoms with E-state index in [1.807, 2.05) is 61.0 Å². The average Bonchev–Trinajstić information content (AvgIpc) is 3.21. The highest BCUT2D eigenvalue weighted by Crippen LogP contribution is 2.33. The average molecular weight is 420 g/mol. The molecule has 0 bridgehead atoms. The summed E-state index contributed by atoms with van der Waals surface area (Å²) in [5.41, 5.74) is 2.28. The van der Waals surface area contributed by atoms with E-state index >= 15 is 0 Å². The van der Waals surface area contributed by atoms with Gasteiger partial charge in [-0.3, -0.25) is 4.79 Å². The Hall–Kier alpha value is -3.28. The van der Waals surface area contributed by atoms with Crippen LogP contribution in [0.1, 0.15) is 36.3 Å². The smallest absolute Gasteiger partial charge is 0.225 e. The van der Waals surface area contributed by atoms with Gasteiger partial charge in [0.05, 0.1) is 12.0 Å². The third kappa shape index (κ3) is 5.26. The summed E-state index contributed by atoms with van der Waals surface area (Å²) in [6.45, 7) is 5.60. The maximum absolute atomic E-state index is 13.1. The lowest BCUT2D eigenvalue weighted by atomic mass is 9.97. The highest BCUT2D eigenvalue weighted by Gasteiger charge is 2.22. The minimum atomic E-state index is -0.177. The Kier molecular flexibility index (Phi) is 6.55. The molecule has 1 aliphatic heterocycles. The van der Waals surface area contributed by atoms with E-state index in [4.69, 9.17) is 9.47 Å². The van der Waals surface area contributed by atoms with E-state index in [9.17, 15) is 4.79 Å². The predicted molar refractivity (Wildman–Crippen MR) is 119 cm³/mol. The number of fused-ring (bicyclic) bond motifs is 1. The van der Waals surface area contributed by atoms with Gasteiger partial charge in [-0.15, -0.1) is 0 Å². The molecule has 2 atom stereocenters. The molecule has 31 heavy (non-hydrogen) atoms. The molecule has 1 aliphatic rings. The molecule has 0 saturated heterocycles. The number of hydrogen-bond acceptors (Lipinski definition) is 4. The van der Waals surface area contributed by atoms with Crippen molar-refractivity contribution in [3.63, 3.8) is 0 Å². The first-order valence-corrected chi connectivity index (χ1v) is 10.8. The molecule has 2 unspecified atom stereocenters. The van der Waals surface area contributed by atoms with Crippen LogP contribution in [0.2, 0.25) is 0 Å². The number of nitrogens with one attached hydrogen (secondary N) is 1. The first-order valence-electron chi connectivity index (χ1n) is 10.8. The van der Waals surface area contributed by atoms with Crippen molar-refractivity contribution in [1.82, 2.24) is 14.9 Å². The standard InChI is InChI=1S/C25H29N3O3/c1-18(17-28-13-12-26-19(28)2)25(29)27-22(10-8-20-6-4-3-5-7-20)21-9-11-23-24(16-21)31-15-14-30-23/h3-7,9,11-13,16,18,22H,8,10,14-15,17H2,1-2H3,(H,27,29). The molecule has 6 heteroatoms. The maximum atomic E-state index is 13.1. The topological polar surface area (TPSA) is 65.4 Å². The third-order valence-electron chi connectivity index (χ3n) is 5.69. The Bertz CT molecular complexity index is 1020. The molecule has 0 saturated carbocycles. The zero-order chi connectivity index (χ0) is 21.6. The van der Waals surface area contributed by atoms with Crippen molar-refractivity contribution in [3.05, 3.63) is 77.9 Å². The number of ether oxygens (including phenoxy) is 2. The summed E-state index contributed by atoms with van der Waals surface area (Å²) in [5.74, 6) is 2.26. The van der Waals surface area contributed by atoms with Crippen molar-refractivity contribution in [2.75, 3.05) is 13.2 Å². The quantitative estimate of drug-likeness (QED) is 0.597. The highest BCUT2D eigenvalue weighted by atomic mass is 16.6. The summed E-state index contributed by atoms with van der Waals surface area (Å²) in [6, 6.07) is 16.2. The number of aromatic nitrogens is 2. The summed E-state index contributed by atoms with van der Waals surface area (Å²) < 4.78 is 13.4. The number of benzene rings is 2. The molecule has 1 N–H and O–H groups in total. The van der Waals surface area contributed by atoms with Gasteiger partial charge in [0.1, 0.15) is 19.0 Å². The number of amides is 1. The van der Waals surface area contributed by atoms with E-state index < -0.39 is 0 Å². The Morgan fingerprint density at radius 2 is 1.90 bits per heavy atom. The van der Waals surface area contributed by atoms with Gasteiger partial charge in [0.25, 0.3) is 0 Å². The number of imidazole rings is 1. The van der Waals surface area contributed by atoms with Crippen molar-refractivity contribution in [3.8, 4) is 11.5 Å². The van der Waals surface area contributed by atoms with Crippen molar-refractivity contribution >= 4 is 5.91 Å². The van der Waals surface area contributed by atoms with Gasteiger partial charge in [0, 0.05) is 18.9 Å². The van der Waals surface area contributed by atoms with Crippen LogP contribution >= 0.6 is 0 Å². The summed E-state index contributed by atoms with van der Waals surface area (Å²) in [5, 5.41) is 3.27. The molecule has 0 radical (unpaired) electrons. The summed E-state index contributed by atoms with van der Waals surface area (Å²) >= 11 is 0. The van der Waals surface area contributed by atoms with Crippen LogP contribution < -0.4 is 14.8 Å². The van der Waals surface area contributed by atoms with Crippen molar-refractivity contribution in [1.29, 1.82) is 0 Å². The van der Waals surface area contributed by atoms with Gasteiger partial charge in [-0.1, -0.05) is 43.3 Å². The largest absolute Gasteiger partial charge is 0.486 e. The second kappa shape index (κ2) is 9.69. The van der Waals surface area contributed by atoms with Gasteiger partial charge >= 0.3 is 0 Å². The minimum absolute atomic E-state index is 0.0288. The third-order valence-corrected chi connectivity index (χ3v) is 5.69. The first kappa shape index (κ1) is 21.0. The summed E-state index contributed by atoms with van der Waals surface area (Å²) in [6.07, 6.45) is 5.34. The lowest BCUT2D eigenvalue weighted by molar-refractivity contribution is -0.125. The van der Waals surface area contributed by atoms with Crippen molar-refractivity contribution < 1.29 is 14.3 Å². The molecule has 6 nitrogen and oxygen atoms in total. The first-order chi connectivity index (χ1) is 15.1. The normalized spacial score (nSPS) is 14.6. The molecule has 0 aliphatic carbocycles. The van der Waals surface area contributed by atoms with Gasteiger partial charge in [0.2, 0.25) is 5.91 Å². The molecular formula is C25H29N3O3. The molecule has 0 fully saturated rings. The molecule has 3 aromatic rings. The van der Waals surface area contributed by atoms with Crippen LogP contribution in [0.25, 0.3) is 0 Å². The van der Waals surface area contributed by atoms with Gasteiger partial charge in [-0.05, 0) is 43.0 Å². The van der Waals surface area contributed by atoms with E-state index in [-0.39, 0.29) is 17.9 Å². The number of rotatable bonds is 8. The number of aryl methyl sites for hydroxylation is 2. The molecule has 162 valence electrons. The molecule has 1 aromatic heterocycles. The molecular weight excluding hydrogens is 390 g/mol. The monoisotopic (exact) mass is 419 g/mol. The lowest BCUT2D eigenvalue weighted by Gasteiger charge is -2.24. The Morgan fingerprint density at radius 3 is 2.65 bits per heavy atom. The fourth-order valence-corrected chi connectivity index (χ4v) is 3.84. The Morgan fingerprint density at radius 1 is 1.13 bits per heavy atom. The molecule has 1 amide bonds. The predicted octanol–water partition coefficient (Wildman–Crippen LogP) is 4.09. The van der Waals surface area contributed by atoms with Crippen LogP contribution in [-0.4, -0.2) is 28.7 Å². The summed E-state index contributed by atoms with van der Waals surface area (Å²) in [4.78, 5) is 17.3. The van der Waals surface area contributed by atoms with Crippen molar-refractivity contribution in [2.24, 2.45) is 5.92 Å². The number of nitrogens with zero attached hydrogens (tertiary/aromatic N) is 2. The van der Waals surface area contributed by atoms with Gasteiger partial charge < -0.3 is 19.4 Å². The van der Waals surface area contributed by atoms with Crippen LogP contribution in [0.3, 0.4) is 0 Å². The van der Waals surface area contributed by atoms with Gasteiger partial charge in [-0.25, -0.2) is 4.98 Å². The Labute approximate surface area is 183 Å². The van der Waals surface area contributed by atoms with E-state index in [1.54, 1.807) is 6.20 Å². The second-order valence-electron chi connectivity index (χ2n) is 8.02. The molecule has 0 spiro atoms. The van der Waals surface area contributed by atoms with E-state index in [0.29, 0.717) is 19.8 Å². The van der Waals surface area contributed by atoms with Crippen LogP contribution in [0.15, 0.2) is 60.9 Å². The van der Waals surface area contributed by atoms with Crippen LogP contribution in [0.4, 0.5) is 0 Å². The SMILES string of the molecule is Cc1nccn1CC(C)C(=O)NC(CCc1ccccc1)c1ccc2c(c1)OCCO2. The van der Waals surface area contributed by atoms with E-state index in [0.717, 1.165) is 35.7 Å². The minimum Gasteiger partial charge on any atom is -0.486 e. The highest BCUT2D eigenvalue weighted by molar-refractivity contribution is 5.78. The maximum Gasteiger partial charge on any atom is 0.225 e. The van der Waals surface area contributed by atoms with Crippen LogP contribution in [0.5, 0.6) is 11.5 Å². The zero-order valence-corrected chi connectivity index (χ0v) is 18.1. The Balaban J connectivity index is 1.50. The molecule has 4 rings (SSSR count). The van der Waals surface area contributed by atoms with Crippen molar-refractivity contribution in [2.45, 2.75) is 39.3 Å². The lowest BCUT2D eigenvalue weighted by Crippen LogP contribution is -2.35. The van der Waals surface area contributed by atoms with E-state index in [2.05, 4.69) is 22.4 Å². The van der Waals surface area contributed by atoms with Crippen LogP contribution in [-0.2, 0) is 17.8 Å². The van der Waals surface area contributed by atoms with Crippen LogP contribution in [0, 0.1) is 12.8 Å². The van der Waals surface area contributed by atoms with Gasteiger partial charge in [-0.2, -0.15) is 0 Å². The second-order valence-corrected chi connectivity index (χ2v) is 8.02. The number of carbonyl (C=O) groups excluding carboxylic acids is 1. The van der Waals surface area contributed by atoms with Gasteiger partial charge in [0.15, 0.2) is 11.5 Å².